The molecule has 2 N–H and O–H groups in total. The van der Waals surface area contributed by atoms with Crippen LogP contribution >= 0.6 is 10.9 Å². The predicted molar refractivity (Wildman–Crippen MR) is 45.9 cm³/mol. The fourth-order valence-corrected chi connectivity index (χ4v) is 2.28. The number of carbonyl (C=O) groups excluding carboxylic acids is 1. The van der Waals surface area contributed by atoms with Crippen LogP contribution < -0.4 is 5.73 Å². The Balaban J connectivity index is 2.20. The maximum absolute atomic E-state index is 10.3. The van der Waals surface area contributed by atoms with Crippen LogP contribution in [0.2, 0.25) is 0 Å². The Morgan fingerprint density at radius 2 is 2.00 bits per heavy atom. The van der Waals surface area contributed by atoms with Crippen LogP contribution in [0.4, 0.5) is 0 Å². The zero-order chi connectivity index (χ0) is 7.40. The van der Waals surface area contributed by atoms with Gasteiger partial charge < -0.3 is 5.73 Å². The molecule has 1 aliphatic rings. The molecule has 0 aromatic carbocycles. The Kier molecular flexibility index (Phi) is 2.57. The highest BCUT2D eigenvalue weighted by atomic mass is 32.2. The van der Waals surface area contributed by atoms with E-state index in [0.717, 1.165) is 5.75 Å². The Morgan fingerprint density at radius 1 is 1.40 bits per heavy atom. The average molecular weight is 157 g/mol. The third-order valence-corrected chi connectivity index (χ3v) is 3.13. The Morgan fingerprint density at radius 3 is 2.50 bits per heavy atom. The molecule has 0 bridgehead atoms. The fourth-order valence-electron chi connectivity index (χ4n) is 0.759. The van der Waals surface area contributed by atoms with Gasteiger partial charge in [0, 0.05) is 6.42 Å². The van der Waals surface area contributed by atoms with Crippen molar-refractivity contribution in [1.29, 1.82) is 0 Å². The highest BCUT2D eigenvalue weighted by Gasteiger charge is 2.00. The van der Waals surface area contributed by atoms with Gasteiger partial charge in [-0.15, -0.1) is 0 Å². The van der Waals surface area contributed by atoms with Crippen LogP contribution in [-0.4, -0.2) is 11.7 Å². The van der Waals surface area contributed by atoms with Gasteiger partial charge in [-0.3, -0.25) is 4.79 Å². The van der Waals surface area contributed by atoms with Gasteiger partial charge in [0.2, 0.25) is 5.91 Å². The van der Waals surface area contributed by atoms with Crippen LogP contribution in [-0.2, 0) is 4.79 Å². The SMILES string of the molecule is NC(=O)CC[SH]1C=CC=C1. The maximum Gasteiger partial charge on any atom is 0.218 e. The fraction of sp³-hybridized carbons (Fsp3) is 0.286. The molecule has 1 rings (SSSR count). The summed E-state index contributed by atoms with van der Waals surface area (Å²) in [5.74, 6) is 0.716. The molecule has 1 heterocycles. The lowest BCUT2D eigenvalue weighted by molar-refractivity contribution is -0.117. The van der Waals surface area contributed by atoms with Crippen molar-refractivity contribution in [3.05, 3.63) is 23.0 Å². The van der Waals surface area contributed by atoms with Gasteiger partial charge in [-0.1, -0.05) is 12.2 Å². The molecule has 0 aliphatic carbocycles. The highest BCUT2D eigenvalue weighted by Crippen LogP contribution is 2.32. The molecule has 0 atom stereocenters. The zero-order valence-corrected chi connectivity index (χ0v) is 6.55. The van der Waals surface area contributed by atoms with Gasteiger partial charge in [-0.05, 0) is 16.6 Å². The van der Waals surface area contributed by atoms with E-state index in [1.807, 2.05) is 12.2 Å². The van der Waals surface area contributed by atoms with Crippen molar-refractivity contribution in [3.8, 4) is 0 Å². The molecule has 0 aromatic heterocycles. The topological polar surface area (TPSA) is 43.1 Å². The quantitative estimate of drug-likeness (QED) is 0.587. The number of primary amides is 1. The summed E-state index contributed by atoms with van der Waals surface area (Å²) < 4.78 is 0. The van der Waals surface area contributed by atoms with Gasteiger partial charge in [0.15, 0.2) is 0 Å². The summed E-state index contributed by atoms with van der Waals surface area (Å²) in [7, 11) is -0.140. The van der Waals surface area contributed by atoms with Crippen LogP contribution in [0.3, 0.4) is 0 Å². The molecule has 0 unspecified atom stereocenters. The van der Waals surface area contributed by atoms with E-state index >= 15 is 0 Å². The Labute approximate surface area is 63.1 Å². The van der Waals surface area contributed by atoms with E-state index in [1.165, 1.54) is 0 Å². The first-order valence-electron chi connectivity index (χ1n) is 3.18. The van der Waals surface area contributed by atoms with Crippen molar-refractivity contribution in [2.75, 3.05) is 5.75 Å². The minimum absolute atomic E-state index is 0.140. The number of hydrogen-bond acceptors (Lipinski definition) is 1. The largest absolute Gasteiger partial charge is 0.370 e. The van der Waals surface area contributed by atoms with Crippen LogP contribution in [0.1, 0.15) is 6.42 Å². The highest BCUT2D eigenvalue weighted by molar-refractivity contribution is 8.22. The number of amides is 1. The molecule has 0 saturated heterocycles. The second kappa shape index (κ2) is 3.46. The van der Waals surface area contributed by atoms with Crippen LogP contribution in [0, 0.1) is 0 Å². The van der Waals surface area contributed by atoms with Gasteiger partial charge in [-0.2, -0.15) is 0 Å². The summed E-state index contributed by atoms with van der Waals surface area (Å²) >= 11 is 0. The van der Waals surface area contributed by atoms with Gasteiger partial charge >= 0.3 is 0 Å². The molecule has 10 heavy (non-hydrogen) atoms. The molecule has 0 spiro atoms. The minimum atomic E-state index is -0.198. The van der Waals surface area contributed by atoms with Crippen molar-refractivity contribution in [1.82, 2.24) is 0 Å². The summed E-state index contributed by atoms with van der Waals surface area (Å²) in [5, 5.41) is 4.27. The molecule has 0 saturated carbocycles. The summed E-state index contributed by atoms with van der Waals surface area (Å²) in [6, 6.07) is 0. The normalized spacial score (nSPS) is 18.2. The first-order chi connectivity index (χ1) is 4.79. The molecule has 56 valence electrons. The van der Waals surface area contributed by atoms with Gasteiger partial charge in [0.25, 0.3) is 0 Å². The van der Waals surface area contributed by atoms with Crippen molar-refractivity contribution < 1.29 is 4.79 Å². The van der Waals surface area contributed by atoms with E-state index in [-0.39, 0.29) is 16.8 Å². The van der Waals surface area contributed by atoms with E-state index in [9.17, 15) is 4.79 Å². The number of hydrogen-bond donors (Lipinski definition) is 2. The molecule has 0 radical (unpaired) electrons. The Hall–Kier alpha value is -0.700. The van der Waals surface area contributed by atoms with Gasteiger partial charge in [0.05, 0.1) is 0 Å². The van der Waals surface area contributed by atoms with E-state index in [1.54, 1.807) is 0 Å². The molecule has 1 amide bonds. The number of rotatable bonds is 3. The lowest BCUT2D eigenvalue weighted by Crippen LogP contribution is -2.11. The molecular weight excluding hydrogens is 146 g/mol. The monoisotopic (exact) mass is 157 g/mol. The summed E-state index contributed by atoms with van der Waals surface area (Å²) in [5.41, 5.74) is 4.99. The maximum atomic E-state index is 10.3. The number of carbonyl (C=O) groups is 1. The number of thiol groups is 1. The van der Waals surface area contributed by atoms with Gasteiger partial charge in [0.1, 0.15) is 0 Å². The summed E-state index contributed by atoms with van der Waals surface area (Å²) in [4.78, 5) is 10.3. The smallest absolute Gasteiger partial charge is 0.218 e. The molecule has 3 heteroatoms. The van der Waals surface area contributed by atoms with Crippen molar-refractivity contribution in [2.24, 2.45) is 5.73 Å². The van der Waals surface area contributed by atoms with Crippen molar-refractivity contribution >= 4 is 16.8 Å². The molecule has 2 nitrogen and oxygen atoms in total. The predicted octanol–water partition coefficient (Wildman–Crippen LogP) is 0.904. The summed E-state index contributed by atoms with van der Waals surface area (Å²) in [6.45, 7) is 0. The zero-order valence-electron chi connectivity index (χ0n) is 5.66. The first kappa shape index (κ1) is 7.41. The van der Waals surface area contributed by atoms with Gasteiger partial charge in [-0.25, -0.2) is 10.9 Å². The second-order valence-corrected chi connectivity index (χ2v) is 4.21. The Bertz CT molecular complexity index is 174. The van der Waals surface area contributed by atoms with E-state index in [0.29, 0.717) is 6.42 Å². The lowest BCUT2D eigenvalue weighted by Gasteiger charge is -2.05. The molecule has 1 aliphatic heterocycles. The number of nitrogens with two attached hydrogens (primary N) is 1. The average Bonchev–Trinajstić information content (AvgIpc) is 2.34. The van der Waals surface area contributed by atoms with E-state index < -0.39 is 0 Å². The third-order valence-electron chi connectivity index (χ3n) is 1.28. The molecule has 0 aromatic rings. The van der Waals surface area contributed by atoms with Crippen molar-refractivity contribution in [2.45, 2.75) is 6.42 Å². The lowest BCUT2D eigenvalue weighted by atomic mass is 10.5. The molecular formula is C7H11NOS. The van der Waals surface area contributed by atoms with Crippen LogP contribution in [0.15, 0.2) is 23.0 Å². The number of allylic oxidation sites excluding steroid dienone is 2. The first-order valence-corrected chi connectivity index (χ1v) is 4.84. The second-order valence-electron chi connectivity index (χ2n) is 2.14. The van der Waals surface area contributed by atoms with Crippen LogP contribution in [0.5, 0.6) is 0 Å². The standard InChI is InChI=1S/C7H11NOS/c8-7(9)3-6-10-4-1-2-5-10/h1-2,4-5,10H,3,6H2,(H2,8,9). The van der Waals surface area contributed by atoms with E-state index in [2.05, 4.69) is 10.8 Å². The van der Waals surface area contributed by atoms with Crippen LogP contribution in [0.25, 0.3) is 0 Å². The molecule has 0 fully saturated rings. The minimum Gasteiger partial charge on any atom is -0.370 e. The van der Waals surface area contributed by atoms with E-state index in [4.69, 9.17) is 5.73 Å². The summed E-state index contributed by atoms with van der Waals surface area (Å²) in [6.07, 6.45) is 4.56. The van der Waals surface area contributed by atoms with Crippen molar-refractivity contribution in [3.63, 3.8) is 0 Å². The third kappa shape index (κ3) is 2.27.